The Balaban J connectivity index is 2.50. The zero-order valence-electron chi connectivity index (χ0n) is 21.8. The van der Waals surface area contributed by atoms with Crippen molar-refractivity contribution < 1.29 is 17.6 Å². The van der Waals surface area contributed by atoms with Crippen molar-refractivity contribution in [3.63, 3.8) is 0 Å². The highest BCUT2D eigenvalue weighted by molar-refractivity contribution is 7.95. The first-order chi connectivity index (χ1) is 15.6. The molecule has 0 bridgehead atoms. The third kappa shape index (κ3) is 8.05. The second kappa shape index (κ2) is 12.7. The van der Waals surface area contributed by atoms with Crippen LogP contribution in [0.4, 0.5) is 0 Å². The molecule has 188 valence electrons. The third-order valence-corrected chi connectivity index (χ3v) is 13.2. The fourth-order valence-corrected chi connectivity index (χ4v) is 11.2. The molecule has 0 spiro atoms. The van der Waals surface area contributed by atoms with Gasteiger partial charge in [-0.15, -0.1) is 0 Å². The summed E-state index contributed by atoms with van der Waals surface area (Å²) < 4.78 is 40.5. The Morgan fingerprint density at radius 3 is 1.91 bits per heavy atom. The quantitative estimate of drug-likeness (QED) is 0.175. The number of rotatable bonds is 16. The molecule has 0 N–H and O–H groups in total. The van der Waals surface area contributed by atoms with E-state index in [-0.39, 0.29) is 0 Å². The number of sulfone groups is 1. The average molecular weight is 495 g/mol. The van der Waals surface area contributed by atoms with Crippen molar-refractivity contribution in [2.45, 2.75) is 121 Å². The number of benzene rings is 1. The predicted octanol–water partition coefficient (Wildman–Crippen LogP) is 7.58. The number of aryl methyl sites for hydroxylation is 1. The first-order valence-corrected chi connectivity index (χ1v) is 17.0. The molecule has 1 aromatic rings. The SMILES string of the molecule is CCCC[Si](CCCC)(CCCC)O[C@@H](CC)/C(=C\C1(C)CO1)S(=O)(=O)c1ccc(C)cc1. The molecular weight excluding hydrogens is 448 g/mol. The maximum absolute atomic E-state index is 13.9. The zero-order chi connectivity index (χ0) is 24.5. The second-order valence-electron chi connectivity index (χ2n) is 9.97. The summed E-state index contributed by atoms with van der Waals surface area (Å²) in [5.74, 6) is 0. The molecule has 0 radical (unpaired) electrons. The van der Waals surface area contributed by atoms with Crippen molar-refractivity contribution in [1.29, 1.82) is 0 Å². The van der Waals surface area contributed by atoms with Gasteiger partial charge in [-0.3, -0.25) is 0 Å². The van der Waals surface area contributed by atoms with E-state index in [2.05, 4.69) is 27.7 Å². The van der Waals surface area contributed by atoms with Crippen molar-refractivity contribution in [3.8, 4) is 0 Å². The second-order valence-corrected chi connectivity index (χ2v) is 16.0. The lowest BCUT2D eigenvalue weighted by Gasteiger charge is -2.36. The van der Waals surface area contributed by atoms with Gasteiger partial charge < -0.3 is 9.16 Å². The van der Waals surface area contributed by atoms with Gasteiger partial charge in [-0.05, 0) is 56.6 Å². The lowest BCUT2D eigenvalue weighted by atomic mass is 10.1. The maximum Gasteiger partial charge on any atom is 0.205 e. The first-order valence-electron chi connectivity index (χ1n) is 13.0. The summed E-state index contributed by atoms with van der Waals surface area (Å²) in [7, 11) is -5.77. The topological polar surface area (TPSA) is 55.9 Å². The largest absolute Gasteiger partial charge is 0.409 e. The molecule has 4 nitrogen and oxygen atoms in total. The summed E-state index contributed by atoms with van der Waals surface area (Å²) in [4.78, 5) is 0.740. The Hall–Kier alpha value is -0.953. The Bertz CT molecular complexity index is 835. The number of hydrogen-bond donors (Lipinski definition) is 0. The van der Waals surface area contributed by atoms with Crippen LogP contribution in [0, 0.1) is 6.92 Å². The summed E-state index contributed by atoms with van der Waals surface area (Å²) in [6, 6.07) is 10.5. The van der Waals surface area contributed by atoms with Crippen LogP contribution in [0.25, 0.3) is 0 Å². The lowest BCUT2D eigenvalue weighted by Crippen LogP contribution is -2.43. The molecule has 2 atom stereocenters. The van der Waals surface area contributed by atoms with E-state index >= 15 is 0 Å². The van der Waals surface area contributed by atoms with Crippen molar-refractivity contribution in [2.75, 3.05) is 6.61 Å². The molecule has 1 aromatic carbocycles. The Kier molecular flexibility index (Phi) is 10.9. The molecule has 1 aliphatic rings. The van der Waals surface area contributed by atoms with Gasteiger partial charge in [0, 0.05) is 0 Å². The number of hydrogen-bond acceptors (Lipinski definition) is 4. The van der Waals surface area contributed by atoms with Gasteiger partial charge in [-0.1, -0.05) is 83.9 Å². The monoisotopic (exact) mass is 494 g/mol. The molecule has 1 aliphatic heterocycles. The van der Waals surface area contributed by atoms with Gasteiger partial charge in [-0.2, -0.15) is 0 Å². The van der Waals surface area contributed by atoms with Crippen molar-refractivity contribution in [1.82, 2.24) is 0 Å². The molecule has 1 unspecified atom stereocenters. The van der Waals surface area contributed by atoms with E-state index in [1.807, 2.05) is 32.1 Å². The maximum atomic E-state index is 13.9. The fourth-order valence-electron chi connectivity index (χ4n) is 4.39. The van der Waals surface area contributed by atoms with Gasteiger partial charge >= 0.3 is 0 Å². The molecular formula is C27H46O4SSi. The summed E-state index contributed by atoms with van der Waals surface area (Å²) in [6.45, 7) is 13.2. The number of epoxide rings is 1. The van der Waals surface area contributed by atoms with Crippen molar-refractivity contribution in [3.05, 3.63) is 40.8 Å². The summed E-state index contributed by atoms with van der Waals surface area (Å²) in [5, 5.41) is 0. The van der Waals surface area contributed by atoms with Crippen LogP contribution in [-0.4, -0.2) is 35.0 Å². The van der Waals surface area contributed by atoms with Crippen LogP contribution in [0.3, 0.4) is 0 Å². The fraction of sp³-hybridized carbons (Fsp3) is 0.704. The zero-order valence-corrected chi connectivity index (χ0v) is 23.6. The molecule has 0 saturated carbocycles. The molecule has 1 fully saturated rings. The highest BCUT2D eigenvalue weighted by Gasteiger charge is 2.43. The molecule has 33 heavy (non-hydrogen) atoms. The average Bonchev–Trinajstić information content (AvgIpc) is 3.54. The van der Waals surface area contributed by atoms with Gasteiger partial charge in [0.15, 0.2) is 8.32 Å². The Morgan fingerprint density at radius 1 is 1.03 bits per heavy atom. The van der Waals surface area contributed by atoms with Gasteiger partial charge in [0.25, 0.3) is 0 Å². The number of unbranched alkanes of at least 4 members (excludes halogenated alkanes) is 3. The van der Waals surface area contributed by atoms with Gasteiger partial charge in [0.05, 0.1) is 22.5 Å². The van der Waals surface area contributed by atoms with E-state index in [1.165, 1.54) is 0 Å². The molecule has 0 aliphatic carbocycles. The Labute approximate surface area is 204 Å². The summed E-state index contributed by atoms with van der Waals surface area (Å²) in [6.07, 6.45) is 8.95. The van der Waals surface area contributed by atoms with E-state index in [9.17, 15) is 8.42 Å². The Morgan fingerprint density at radius 2 is 1.52 bits per heavy atom. The first kappa shape index (κ1) is 28.3. The summed E-state index contributed by atoms with van der Waals surface area (Å²) in [5.41, 5.74) is 0.537. The predicted molar refractivity (Wildman–Crippen MR) is 141 cm³/mol. The number of ether oxygens (including phenoxy) is 1. The van der Waals surface area contributed by atoms with Crippen LogP contribution in [-0.2, 0) is 19.0 Å². The van der Waals surface area contributed by atoms with Crippen LogP contribution in [0.2, 0.25) is 18.1 Å². The van der Waals surface area contributed by atoms with Gasteiger partial charge in [0.2, 0.25) is 9.84 Å². The lowest BCUT2D eigenvalue weighted by molar-refractivity contribution is 0.218. The van der Waals surface area contributed by atoms with E-state index in [0.717, 1.165) is 62.2 Å². The standard InChI is InChI=1S/C27H46O4SSi/c1-7-11-18-33(19-12-8-2,20-13-9-3)31-25(10-4)26(21-27(6)22-30-27)32(28,29)24-16-14-23(5)15-17-24/h14-17,21,25H,7-13,18-20,22H2,1-6H3/b26-21+/t25-,27?/m0/s1. The van der Waals surface area contributed by atoms with Gasteiger partial charge in [-0.25, -0.2) is 8.42 Å². The van der Waals surface area contributed by atoms with E-state index in [1.54, 1.807) is 12.1 Å². The van der Waals surface area contributed by atoms with Crippen LogP contribution >= 0.6 is 0 Å². The van der Waals surface area contributed by atoms with Crippen LogP contribution in [0.5, 0.6) is 0 Å². The molecule has 1 heterocycles. The molecule has 0 aromatic heterocycles. The van der Waals surface area contributed by atoms with E-state index in [4.69, 9.17) is 9.16 Å². The minimum atomic E-state index is -3.68. The van der Waals surface area contributed by atoms with Gasteiger partial charge in [0.1, 0.15) is 5.60 Å². The molecule has 0 amide bonds. The normalized spacial score (nSPS) is 20.1. The third-order valence-electron chi connectivity index (χ3n) is 6.73. The van der Waals surface area contributed by atoms with E-state index in [0.29, 0.717) is 22.8 Å². The molecule has 1 saturated heterocycles. The molecule has 6 heteroatoms. The smallest absolute Gasteiger partial charge is 0.205 e. The minimum Gasteiger partial charge on any atom is -0.409 e. The highest BCUT2D eigenvalue weighted by Crippen LogP contribution is 2.38. The summed E-state index contributed by atoms with van der Waals surface area (Å²) >= 11 is 0. The van der Waals surface area contributed by atoms with Crippen molar-refractivity contribution >= 4 is 18.2 Å². The van der Waals surface area contributed by atoms with Crippen LogP contribution in [0.15, 0.2) is 40.1 Å². The van der Waals surface area contributed by atoms with E-state index < -0.39 is 29.9 Å². The molecule has 2 rings (SSSR count). The minimum absolute atomic E-state index is 0.341. The van der Waals surface area contributed by atoms with Crippen molar-refractivity contribution in [2.24, 2.45) is 0 Å². The highest BCUT2D eigenvalue weighted by atomic mass is 32.2. The van der Waals surface area contributed by atoms with Crippen LogP contribution < -0.4 is 0 Å². The van der Waals surface area contributed by atoms with Crippen LogP contribution in [0.1, 0.15) is 85.1 Å².